The Kier molecular flexibility index (Phi) is 6.07. The topological polar surface area (TPSA) is 42.5 Å². The van der Waals surface area contributed by atoms with Gasteiger partial charge >= 0.3 is 6.18 Å². The summed E-state index contributed by atoms with van der Waals surface area (Å²) in [5, 5.41) is 6.79. The fourth-order valence-electron chi connectivity index (χ4n) is 3.09. The van der Waals surface area contributed by atoms with Crippen LogP contribution in [0, 0.1) is 5.92 Å². The second-order valence-electron chi connectivity index (χ2n) is 5.46. The number of halogens is 3. The van der Waals surface area contributed by atoms with Crippen LogP contribution in [0.25, 0.3) is 0 Å². The van der Waals surface area contributed by atoms with Crippen molar-refractivity contribution in [1.82, 2.24) is 10.6 Å². The Balaban J connectivity index is 1.64. The molecule has 20 heavy (non-hydrogen) atoms. The molecule has 2 aliphatic rings. The second-order valence-corrected chi connectivity index (χ2v) is 5.46. The predicted octanol–water partition coefficient (Wildman–Crippen LogP) is 1.31. The third kappa shape index (κ3) is 5.20. The van der Waals surface area contributed by atoms with Crippen molar-refractivity contribution in [3.05, 3.63) is 0 Å². The highest BCUT2D eigenvalue weighted by Gasteiger charge is 2.34. The van der Waals surface area contributed by atoms with Gasteiger partial charge in [0.15, 0.2) is 0 Å². The molecule has 7 heteroatoms. The van der Waals surface area contributed by atoms with Gasteiger partial charge in [0.1, 0.15) is 6.61 Å². The van der Waals surface area contributed by atoms with E-state index < -0.39 is 12.8 Å². The van der Waals surface area contributed by atoms with Crippen molar-refractivity contribution < 1.29 is 22.6 Å². The minimum Gasteiger partial charge on any atom is -0.379 e. The Morgan fingerprint density at radius 3 is 2.85 bits per heavy atom. The molecule has 0 aromatic rings. The van der Waals surface area contributed by atoms with Crippen molar-refractivity contribution in [1.29, 1.82) is 0 Å². The van der Waals surface area contributed by atoms with Crippen LogP contribution in [0.2, 0.25) is 0 Å². The number of hydrogen-bond acceptors (Lipinski definition) is 4. The van der Waals surface area contributed by atoms with E-state index in [9.17, 15) is 13.2 Å². The number of hydrogen-bond donors (Lipinski definition) is 2. The third-order valence-corrected chi connectivity index (χ3v) is 3.96. The molecule has 3 atom stereocenters. The highest BCUT2D eigenvalue weighted by molar-refractivity contribution is 4.91. The summed E-state index contributed by atoms with van der Waals surface area (Å²) in [6.07, 6.45) is -0.868. The van der Waals surface area contributed by atoms with E-state index in [4.69, 9.17) is 4.74 Å². The number of nitrogens with one attached hydrogen (secondary N) is 2. The molecule has 2 rings (SSSR count). The molecule has 0 amide bonds. The van der Waals surface area contributed by atoms with E-state index in [1.54, 1.807) is 0 Å². The first-order valence-corrected chi connectivity index (χ1v) is 7.25. The molecule has 118 valence electrons. The van der Waals surface area contributed by atoms with Crippen LogP contribution in [0.1, 0.15) is 19.3 Å². The van der Waals surface area contributed by atoms with Crippen LogP contribution in [0.3, 0.4) is 0 Å². The smallest absolute Gasteiger partial charge is 0.379 e. The molecule has 0 aromatic carbocycles. The maximum absolute atomic E-state index is 11.9. The van der Waals surface area contributed by atoms with Crippen LogP contribution in [-0.2, 0) is 9.47 Å². The van der Waals surface area contributed by atoms with Gasteiger partial charge in [-0.3, -0.25) is 0 Å². The summed E-state index contributed by atoms with van der Waals surface area (Å²) in [4.78, 5) is 0. The maximum Gasteiger partial charge on any atom is 0.411 e. The lowest BCUT2D eigenvalue weighted by Crippen LogP contribution is -2.51. The van der Waals surface area contributed by atoms with Crippen molar-refractivity contribution in [3.63, 3.8) is 0 Å². The van der Waals surface area contributed by atoms with Crippen LogP contribution in [0.5, 0.6) is 0 Å². The average Bonchev–Trinajstić information content (AvgIpc) is 2.86. The molecule has 0 bridgehead atoms. The van der Waals surface area contributed by atoms with E-state index in [0.29, 0.717) is 24.5 Å². The van der Waals surface area contributed by atoms with Crippen molar-refractivity contribution in [2.45, 2.75) is 37.5 Å². The summed E-state index contributed by atoms with van der Waals surface area (Å²) in [6, 6.07) is 0.712. The molecule has 1 heterocycles. The molecular weight excluding hydrogens is 273 g/mol. The van der Waals surface area contributed by atoms with Gasteiger partial charge in [-0.1, -0.05) is 6.42 Å². The van der Waals surface area contributed by atoms with Crippen molar-refractivity contribution in [3.8, 4) is 0 Å². The molecule has 1 saturated heterocycles. The molecule has 4 nitrogen and oxygen atoms in total. The van der Waals surface area contributed by atoms with E-state index in [0.717, 1.165) is 39.0 Å². The number of morpholine rings is 1. The Morgan fingerprint density at radius 2 is 2.15 bits per heavy atom. The van der Waals surface area contributed by atoms with Gasteiger partial charge in [0, 0.05) is 25.2 Å². The van der Waals surface area contributed by atoms with Gasteiger partial charge in [-0.15, -0.1) is 0 Å². The monoisotopic (exact) mass is 296 g/mol. The van der Waals surface area contributed by atoms with Gasteiger partial charge in [-0.2, -0.15) is 13.2 Å². The first-order chi connectivity index (χ1) is 9.56. The lowest BCUT2D eigenvalue weighted by molar-refractivity contribution is -0.173. The average molecular weight is 296 g/mol. The number of alkyl halides is 3. The van der Waals surface area contributed by atoms with Gasteiger partial charge in [0.2, 0.25) is 0 Å². The van der Waals surface area contributed by atoms with Gasteiger partial charge in [0.05, 0.1) is 19.8 Å². The molecule has 1 saturated carbocycles. The Bertz CT molecular complexity index is 283. The van der Waals surface area contributed by atoms with Gasteiger partial charge in [-0.05, 0) is 18.8 Å². The maximum atomic E-state index is 11.9. The van der Waals surface area contributed by atoms with Gasteiger partial charge in [-0.25, -0.2) is 0 Å². The largest absolute Gasteiger partial charge is 0.411 e. The molecule has 1 aliphatic carbocycles. The first kappa shape index (κ1) is 16.0. The number of rotatable bonds is 6. The summed E-state index contributed by atoms with van der Waals surface area (Å²) in [7, 11) is 0. The third-order valence-electron chi connectivity index (χ3n) is 3.96. The summed E-state index contributed by atoms with van der Waals surface area (Å²) in [5.74, 6) is 0.498. The molecule has 0 aromatic heterocycles. The van der Waals surface area contributed by atoms with Crippen LogP contribution in [-0.4, -0.2) is 57.8 Å². The zero-order valence-corrected chi connectivity index (χ0v) is 11.5. The minimum absolute atomic E-state index is 0.0946. The minimum atomic E-state index is -4.24. The van der Waals surface area contributed by atoms with Gasteiger partial charge in [0.25, 0.3) is 0 Å². The SMILES string of the molecule is FC(F)(F)COCCNC1CCCC1C1COCCN1. The highest BCUT2D eigenvalue weighted by Crippen LogP contribution is 2.29. The molecule has 2 fully saturated rings. The van der Waals surface area contributed by atoms with Crippen LogP contribution >= 0.6 is 0 Å². The van der Waals surface area contributed by atoms with E-state index in [-0.39, 0.29) is 6.61 Å². The van der Waals surface area contributed by atoms with E-state index in [2.05, 4.69) is 15.4 Å². The summed E-state index contributed by atoms with van der Waals surface area (Å²) in [6.45, 7) is 1.76. The molecule has 3 unspecified atom stereocenters. The highest BCUT2D eigenvalue weighted by atomic mass is 19.4. The molecular formula is C13H23F3N2O2. The zero-order chi connectivity index (χ0) is 14.4. The lowest BCUT2D eigenvalue weighted by Gasteiger charge is -2.33. The fraction of sp³-hybridized carbons (Fsp3) is 1.00. The van der Waals surface area contributed by atoms with E-state index >= 15 is 0 Å². The second kappa shape index (κ2) is 7.59. The summed E-state index contributed by atoms with van der Waals surface area (Å²) < 4.78 is 45.9. The predicted molar refractivity (Wildman–Crippen MR) is 68.6 cm³/mol. The Morgan fingerprint density at radius 1 is 1.30 bits per heavy atom. The standard InChI is InChI=1S/C13H23F3N2O2/c14-13(15,16)9-20-7-5-17-11-3-1-2-10(11)12-8-19-6-4-18-12/h10-12,17-18H,1-9H2. The summed E-state index contributed by atoms with van der Waals surface area (Å²) >= 11 is 0. The molecule has 2 N–H and O–H groups in total. The summed E-state index contributed by atoms with van der Waals surface area (Å²) in [5.41, 5.74) is 0. The molecule has 0 radical (unpaired) electrons. The first-order valence-electron chi connectivity index (χ1n) is 7.25. The van der Waals surface area contributed by atoms with Crippen LogP contribution in [0.15, 0.2) is 0 Å². The van der Waals surface area contributed by atoms with E-state index in [1.807, 2.05) is 0 Å². The fourth-order valence-corrected chi connectivity index (χ4v) is 3.09. The Hall–Kier alpha value is -0.370. The Labute approximate surface area is 117 Å². The van der Waals surface area contributed by atoms with Crippen molar-refractivity contribution >= 4 is 0 Å². The zero-order valence-electron chi connectivity index (χ0n) is 11.5. The normalized spacial score (nSPS) is 31.6. The molecule has 0 spiro atoms. The van der Waals surface area contributed by atoms with Crippen molar-refractivity contribution in [2.75, 3.05) is 39.5 Å². The van der Waals surface area contributed by atoms with Crippen LogP contribution in [0.4, 0.5) is 13.2 Å². The quantitative estimate of drug-likeness (QED) is 0.725. The van der Waals surface area contributed by atoms with E-state index in [1.165, 1.54) is 0 Å². The number of ether oxygens (including phenoxy) is 2. The molecule has 1 aliphatic heterocycles. The lowest BCUT2D eigenvalue weighted by atomic mass is 9.94. The van der Waals surface area contributed by atoms with Crippen molar-refractivity contribution in [2.24, 2.45) is 5.92 Å². The van der Waals surface area contributed by atoms with Gasteiger partial charge < -0.3 is 20.1 Å². The van der Waals surface area contributed by atoms with Crippen LogP contribution < -0.4 is 10.6 Å².